The second kappa shape index (κ2) is 3.57. The molecular weight excluding hydrogens is 150 g/mol. The van der Waals surface area contributed by atoms with Crippen molar-refractivity contribution in [3.8, 4) is 0 Å². The minimum Gasteiger partial charge on any atom is -0.347 e. The van der Waals surface area contributed by atoms with E-state index in [1.165, 1.54) is 0 Å². The van der Waals surface area contributed by atoms with Gasteiger partial charge in [0.05, 0.1) is 5.54 Å². The topological polar surface area (TPSA) is 29.1 Å². The highest BCUT2D eigenvalue weighted by atomic mass is 16.1. The maximum Gasteiger partial charge on any atom is 0.217 e. The molecule has 2 nitrogen and oxygen atoms in total. The lowest BCUT2D eigenvalue weighted by Crippen LogP contribution is -2.45. The van der Waals surface area contributed by atoms with Crippen molar-refractivity contribution in [3.05, 3.63) is 24.3 Å². The average molecular weight is 165 g/mol. The van der Waals surface area contributed by atoms with Crippen LogP contribution in [0.25, 0.3) is 0 Å². The van der Waals surface area contributed by atoms with Crippen LogP contribution >= 0.6 is 0 Å². The van der Waals surface area contributed by atoms with Crippen LogP contribution in [0.3, 0.4) is 0 Å². The van der Waals surface area contributed by atoms with Gasteiger partial charge in [0.2, 0.25) is 5.91 Å². The molecule has 0 aromatic heterocycles. The van der Waals surface area contributed by atoms with Gasteiger partial charge in [-0.1, -0.05) is 31.2 Å². The molecular formula is C10H15NO. The summed E-state index contributed by atoms with van der Waals surface area (Å²) in [5.74, 6) is 0.0387. The van der Waals surface area contributed by atoms with Crippen LogP contribution in [0.15, 0.2) is 24.3 Å². The van der Waals surface area contributed by atoms with E-state index >= 15 is 0 Å². The predicted octanol–water partition coefficient (Wildman–Crippen LogP) is 1.79. The Hall–Kier alpha value is -1.05. The van der Waals surface area contributed by atoms with Gasteiger partial charge in [0.1, 0.15) is 0 Å². The summed E-state index contributed by atoms with van der Waals surface area (Å²) in [5.41, 5.74) is -0.124. The summed E-state index contributed by atoms with van der Waals surface area (Å²) in [6, 6.07) is 0. The largest absolute Gasteiger partial charge is 0.347 e. The Morgan fingerprint density at radius 1 is 1.58 bits per heavy atom. The third kappa shape index (κ3) is 1.97. The van der Waals surface area contributed by atoms with Crippen LogP contribution in [0.1, 0.15) is 26.7 Å². The van der Waals surface area contributed by atoms with E-state index in [1.807, 2.05) is 12.2 Å². The van der Waals surface area contributed by atoms with E-state index in [0.29, 0.717) is 0 Å². The van der Waals surface area contributed by atoms with Gasteiger partial charge in [0.15, 0.2) is 0 Å². The molecule has 1 rings (SSSR count). The Kier molecular flexibility index (Phi) is 2.69. The maximum atomic E-state index is 10.9. The van der Waals surface area contributed by atoms with E-state index < -0.39 is 0 Å². The van der Waals surface area contributed by atoms with Gasteiger partial charge in [0, 0.05) is 6.92 Å². The van der Waals surface area contributed by atoms with Crippen molar-refractivity contribution in [1.29, 1.82) is 0 Å². The molecule has 0 unspecified atom stereocenters. The number of carbonyl (C=O) groups excluding carboxylic acids is 1. The number of carbonyl (C=O) groups is 1. The number of hydrogen-bond donors (Lipinski definition) is 1. The molecule has 1 aliphatic rings. The lowest BCUT2D eigenvalue weighted by molar-refractivity contribution is -0.120. The Bertz CT molecular complexity index is 230. The summed E-state index contributed by atoms with van der Waals surface area (Å²) in [6.07, 6.45) is 9.99. The van der Waals surface area contributed by atoms with Gasteiger partial charge in [-0.3, -0.25) is 4.79 Å². The van der Waals surface area contributed by atoms with Gasteiger partial charge >= 0.3 is 0 Å². The van der Waals surface area contributed by atoms with E-state index in [0.717, 1.165) is 12.8 Å². The number of allylic oxidation sites excluding steroid dienone is 2. The van der Waals surface area contributed by atoms with E-state index in [4.69, 9.17) is 0 Å². The Labute approximate surface area is 73.4 Å². The highest BCUT2D eigenvalue weighted by Crippen LogP contribution is 2.20. The molecule has 0 saturated heterocycles. The van der Waals surface area contributed by atoms with Gasteiger partial charge in [0.25, 0.3) is 0 Å². The van der Waals surface area contributed by atoms with Crippen molar-refractivity contribution in [2.24, 2.45) is 0 Å². The van der Waals surface area contributed by atoms with E-state index in [9.17, 15) is 4.79 Å². The normalized spacial score (nSPS) is 27.2. The monoisotopic (exact) mass is 165 g/mol. The smallest absolute Gasteiger partial charge is 0.217 e. The first kappa shape index (κ1) is 9.04. The average Bonchev–Trinajstić information content (AvgIpc) is 2.05. The molecule has 1 N–H and O–H groups in total. The third-order valence-electron chi connectivity index (χ3n) is 2.20. The molecule has 1 amide bonds. The first-order valence-corrected chi connectivity index (χ1v) is 4.32. The van der Waals surface area contributed by atoms with Crippen LogP contribution in [-0.4, -0.2) is 11.4 Å². The summed E-state index contributed by atoms with van der Waals surface area (Å²) in [6.45, 7) is 3.64. The zero-order valence-electron chi connectivity index (χ0n) is 7.63. The molecule has 0 aliphatic heterocycles. The minimum absolute atomic E-state index is 0.0387. The van der Waals surface area contributed by atoms with Gasteiger partial charge < -0.3 is 5.32 Å². The molecule has 66 valence electrons. The molecule has 2 heteroatoms. The highest BCUT2D eigenvalue weighted by molar-refractivity contribution is 5.74. The fourth-order valence-corrected chi connectivity index (χ4v) is 1.46. The summed E-state index contributed by atoms with van der Waals surface area (Å²) in [5, 5.41) is 2.97. The molecule has 0 radical (unpaired) electrons. The molecule has 1 atom stereocenters. The molecule has 0 fully saturated rings. The first-order chi connectivity index (χ1) is 5.68. The Balaban J connectivity index is 2.69. The molecule has 0 spiro atoms. The lowest BCUT2D eigenvalue weighted by Gasteiger charge is -2.30. The molecule has 0 aromatic rings. The molecule has 1 aliphatic carbocycles. The van der Waals surface area contributed by atoms with Crippen LogP contribution < -0.4 is 5.32 Å². The molecule has 0 aromatic carbocycles. The minimum atomic E-state index is -0.124. The van der Waals surface area contributed by atoms with Crippen molar-refractivity contribution in [3.63, 3.8) is 0 Å². The SMILES string of the molecule is CC[C@]1(NC(C)=O)C=CC=CC1. The second-order valence-corrected chi connectivity index (χ2v) is 3.18. The zero-order valence-corrected chi connectivity index (χ0v) is 7.63. The molecule has 0 saturated carbocycles. The second-order valence-electron chi connectivity index (χ2n) is 3.18. The summed E-state index contributed by atoms with van der Waals surface area (Å²) in [7, 11) is 0. The van der Waals surface area contributed by atoms with E-state index in [1.54, 1.807) is 6.92 Å². The van der Waals surface area contributed by atoms with Crippen LogP contribution in [0, 0.1) is 0 Å². The highest BCUT2D eigenvalue weighted by Gasteiger charge is 2.25. The van der Waals surface area contributed by atoms with Gasteiger partial charge in [-0.25, -0.2) is 0 Å². The fraction of sp³-hybridized carbons (Fsp3) is 0.500. The van der Waals surface area contributed by atoms with E-state index in [-0.39, 0.29) is 11.4 Å². The third-order valence-corrected chi connectivity index (χ3v) is 2.20. The summed E-state index contributed by atoms with van der Waals surface area (Å²) >= 11 is 0. The lowest BCUT2D eigenvalue weighted by atomic mass is 9.88. The number of hydrogen-bond acceptors (Lipinski definition) is 1. The van der Waals surface area contributed by atoms with Gasteiger partial charge in [-0.15, -0.1) is 0 Å². The number of nitrogens with one attached hydrogen (secondary N) is 1. The van der Waals surface area contributed by atoms with Crippen LogP contribution in [-0.2, 0) is 4.79 Å². The molecule has 12 heavy (non-hydrogen) atoms. The summed E-state index contributed by atoms with van der Waals surface area (Å²) < 4.78 is 0. The van der Waals surface area contributed by atoms with Crippen LogP contribution in [0.4, 0.5) is 0 Å². The zero-order chi connectivity index (χ0) is 9.03. The van der Waals surface area contributed by atoms with Crippen molar-refractivity contribution >= 4 is 5.91 Å². The summed E-state index contributed by atoms with van der Waals surface area (Å²) in [4.78, 5) is 10.9. The van der Waals surface area contributed by atoms with Crippen molar-refractivity contribution in [2.75, 3.05) is 0 Å². The van der Waals surface area contributed by atoms with Gasteiger partial charge in [-0.05, 0) is 12.8 Å². The first-order valence-electron chi connectivity index (χ1n) is 4.32. The maximum absolute atomic E-state index is 10.9. The Morgan fingerprint density at radius 2 is 2.33 bits per heavy atom. The number of rotatable bonds is 2. The quantitative estimate of drug-likeness (QED) is 0.664. The fourth-order valence-electron chi connectivity index (χ4n) is 1.46. The number of amides is 1. The van der Waals surface area contributed by atoms with Crippen molar-refractivity contribution in [1.82, 2.24) is 5.32 Å². The Morgan fingerprint density at radius 3 is 2.75 bits per heavy atom. The standard InChI is InChI=1S/C10H15NO/c1-3-10(11-9(2)12)7-5-4-6-8-10/h4-7H,3,8H2,1-2H3,(H,11,12)/t10-/m0/s1. The molecule has 0 heterocycles. The van der Waals surface area contributed by atoms with E-state index in [2.05, 4.69) is 24.4 Å². The van der Waals surface area contributed by atoms with Crippen LogP contribution in [0.5, 0.6) is 0 Å². The van der Waals surface area contributed by atoms with Gasteiger partial charge in [-0.2, -0.15) is 0 Å². The van der Waals surface area contributed by atoms with Crippen molar-refractivity contribution in [2.45, 2.75) is 32.2 Å². The predicted molar refractivity (Wildman–Crippen MR) is 49.7 cm³/mol. The molecule has 0 bridgehead atoms. The van der Waals surface area contributed by atoms with Crippen LogP contribution in [0.2, 0.25) is 0 Å². The van der Waals surface area contributed by atoms with Crippen molar-refractivity contribution < 1.29 is 4.79 Å².